The predicted octanol–water partition coefficient (Wildman–Crippen LogP) is 2.10. The first kappa shape index (κ1) is 9.53. The number of hydrogen-bond donors (Lipinski definition) is 2. The van der Waals surface area contributed by atoms with Crippen molar-refractivity contribution in [3.05, 3.63) is 29.3 Å². The second-order valence-electron chi connectivity index (χ2n) is 4.66. The number of nitrogens with one attached hydrogen (secondary N) is 1. The van der Waals surface area contributed by atoms with Gasteiger partial charge in [0.1, 0.15) is 0 Å². The van der Waals surface area contributed by atoms with Crippen LogP contribution in [0.1, 0.15) is 25.0 Å². The van der Waals surface area contributed by atoms with Gasteiger partial charge in [-0.3, -0.25) is 0 Å². The molecule has 1 aliphatic rings. The fourth-order valence-corrected chi connectivity index (χ4v) is 1.98. The molecule has 0 fully saturated rings. The van der Waals surface area contributed by atoms with Crippen LogP contribution in [0, 0.1) is 6.92 Å². The van der Waals surface area contributed by atoms with Crippen LogP contribution in [0.3, 0.4) is 0 Å². The topological polar surface area (TPSA) is 32.3 Å². The fraction of sp³-hybridized carbons (Fsp3) is 0.500. The van der Waals surface area contributed by atoms with Crippen molar-refractivity contribution in [1.82, 2.24) is 0 Å². The zero-order valence-corrected chi connectivity index (χ0v) is 8.96. The molecule has 0 radical (unpaired) electrons. The molecule has 1 unspecified atom stereocenters. The summed E-state index contributed by atoms with van der Waals surface area (Å²) in [6.07, 6.45) is 0.922. The van der Waals surface area contributed by atoms with E-state index in [0.29, 0.717) is 0 Å². The minimum absolute atomic E-state index is 0.138. The Morgan fingerprint density at radius 1 is 1.43 bits per heavy atom. The normalized spacial score (nSPS) is 20.4. The average molecular weight is 191 g/mol. The number of benzene rings is 1. The van der Waals surface area contributed by atoms with Crippen molar-refractivity contribution in [2.75, 3.05) is 5.32 Å². The van der Waals surface area contributed by atoms with Crippen molar-refractivity contribution in [3.8, 4) is 0 Å². The van der Waals surface area contributed by atoms with Gasteiger partial charge in [-0.05, 0) is 44.4 Å². The van der Waals surface area contributed by atoms with Crippen LogP contribution in [0.25, 0.3) is 0 Å². The van der Waals surface area contributed by atoms with Gasteiger partial charge in [-0.15, -0.1) is 0 Å². The highest BCUT2D eigenvalue weighted by atomic mass is 16.3. The first-order chi connectivity index (χ1) is 6.48. The lowest BCUT2D eigenvalue weighted by atomic mass is 9.94. The summed E-state index contributed by atoms with van der Waals surface area (Å²) in [6, 6.07) is 6.38. The SMILES string of the molecule is Cc1cccc2c1CC(C(C)(C)O)N2. The predicted molar refractivity (Wildman–Crippen MR) is 58.6 cm³/mol. The molecule has 14 heavy (non-hydrogen) atoms. The number of aryl methyl sites for hydroxylation is 1. The lowest BCUT2D eigenvalue weighted by Gasteiger charge is -2.25. The quantitative estimate of drug-likeness (QED) is 0.712. The molecule has 2 rings (SSSR count). The molecular weight excluding hydrogens is 174 g/mol. The number of hydrogen-bond acceptors (Lipinski definition) is 2. The number of anilines is 1. The second-order valence-corrected chi connectivity index (χ2v) is 4.66. The molecule has 1 heterocycles. The maximum Gasteiger partial charge on any atom is 0.0795 e. The Morgan fingerprint density at radius 2 is 2.14 bits per heavy atom. The summed E-state index contributed by atoms with van der Waals surface area (Å²) in [6.45, 7) is 5.82. The van der Waals surface area contributed by atoms with Crippen molar-refractivity contribution >= 4 is 5.69 Å². The van der Waals surface area contributed by atoms with Crippen LogP contribution in [0.5, 0.6) is 0 Å². The lowest BCUT2D eigenvalue weighted by molar-refractivity contribution is 0.0614. The summed E-state index contributed by atoms with van der Waals surface area (Å²) in [7, 11) is 0. The molecule has 0 saturated heterocycles. The second kappa shape index (κ2) is 2.99. The van der Waals surface area contributed by atoms with Gasteiger partial charge >= 0.3 is 0 Å². The molecule has 0 aromatic heterocycles. The third-order valence-corrected chi connectivity index (χ3v) is 3.00. The molecule has 2 heteroatoms. The van der Waals surface area contributed by atoms with Crippen LogP contribution in [0.15, 0.2) is 18.2 Å². The molecule has 1 aliphatic heterocycles. The summed E-state index contributed by atoms with van der Waals surface area (Å²) >= 11 is 0. The van der Waals surface area contributed by atoms with E-state index in [4.69, 9.17) is 0 Å². The molecule has 0 amide bonds. The van der Waals surface area contributed by atoms with E-state index in [1.807, 2.05) is 19.9 Å². The molecule has 1 atom stereocenters. The van der Waals surface area contributed by atoms with Gasteiger partial charge in [-0.25, -0.2) is 0 Å². The van der Waals surface area contributed by atoms with Crippen LogP contribution in [-0.4, -0.2) is 16.7 Å². The smallest absolute Gasteiger partial charge is 0.0795 e. The Labute approximate surface area is 85.0 Å². The van der Waals surface area contributed by atoms with E-state index in [9.17, 15) is 5.11 Å². The molecule has 1 aromatic carbocycles. The third kappa shape index (κ3) is 1.50. The van der Waals surface area contributed by atoms with E-state index >= 15 is 0 Å². The summed E-state index contributed by atoms with van der Waals surface area (Å²) in [5, 5.41) is 13.3. The van der Waals surface area contributed by atoms with Crippen molar-refractivity contribution in [2.45, 2.75) is 38.8 Å². The Kier molecular flexibility index (Phi) is 2.04. The van der Waals surface area contributed by atoms with Gasteiger partial charge in [0.2, 0.25) is 0 Å². The Balaban J connectivity index is 2.31. The molecule has 0 bridgehead atoms. The van der Waals surface area contributed by atoms with E-state index in [1.54, 1.807) is 0 Å². The molecule has 76 valence electrons. The Bertz CT molecular complexity index is 352. The average Bonchev–Trinajstić information content (AvgIpc) is 2.48. The van der Waals surface area contributed by atoms with Gasteiger partial charge in [0, 0.05) is 5.69 Å². The van der Waals surface area contributed by atoms with E-state index < -0.39 is 5.60 Å². The summed E-state index contributed by atoms with van der Waals surface area (Å²) in [5.74, 6) is 0. The van der Waals surface area contributed by atoms with Gasteiger partial charge < -0.3 is 10.4 Å². The molecular formula is C12H17NO. The van der Waals surface area contributed by atoms with Crippen LogP contribution in [0.2, 0.25) is 0 Å². The van der Waals surface area contributed by atoms with Crippen molar-refractivity contribution in [2.24, 2.45) is 0 Å². The first-order valence-corrected chi connectivity index (χ1v) is 5.06. The number of rotatable bonds is 1. The zero-order chi connectivity index (χ0) is 10.3. The fourth-order valence-electron chi connectivity index (χ4n) is 1.98. The molecule has 2 N–H and O–H groups in total. The molecule has 0 spiro atoms. The van der Waals surface area contributed by atoms with Gasteiger partial charge in [-0.2, -0.15) is 0 Å². The zero-order valence-electron chi connectivity index (χ0n) is 8.96. The van der Waals surface area contributed by atoms with E-state index in [2.05, 4.69) is 24.4 Å². The molecule has 0 aliphatic carbocycles. The number of fused-ring (bicyclic) bond motifs is 1. The van der Waals surface area contributed by atoms with Crippen LogP contribution < -0.4 is 5.32 Å². The van der Waals surface area contributed by atoms with Gasteiger partial charge in [0.25, 0.3) is 0 Å². The highest BCUT2D eigenvalue weighted by Gasteiger charge is 2.32. The lowest BCUT2D eigenvalue weighted by Crippen LogP contribution is -2.40. The summed E-state index contributed by atoms with van der Waals surface area (Å²) < 4.78 is 0. The van der Waals surface area contributed by atoms with Crippen molar-refractivity contribution in [3.63, 3.8) is 0 Å². The Morgan fingerprint density at radius 3 is 2.71 bits per heavy atom. The van der Waals surface area contributed by atoms with Crippen molar-refractivity contribution < 1.29 is 5.11 Å². The minimum Gasteiger partial charge on any atom is -0.388 e. The molecule has 0 saturated carbocycles. The van der Waals surface area contributed by atoms with Crippen LogP contribution >= 0.6 is 0 Å². The third-order valence-electron chi connectivity index (χ3n) is 3.00. The molecule has 2 nitrogen and oxygen atoms in total. The van der Waals surface area contributed by atoms with E-state index in [0.717, 1.165) is 6.42 Å². The summed E-state index contributed by atoms with van der Waals surface area (Å²) in [5.41, 5.74) is 3.17. The minimum atomic E-state index is -0.661. The van der Waals surface area contributed by atoms with Crippen LogP contribution in [-0.2, 0) is 6.42 Å². The molecule has 1 aromatic rings. The maximum absolute atomic E-state index is 9.92. The largest absolute Gasteiger partial charge is 0.388 e. The standard InChI is InChI=1S/C12H17NO/c1-8-5-4-6-10-9(8)7-11(13-10)12(2,3)14/h4-6,11,13-14H,7H2,1-3H3. The Hall–Kier alpha value is -1.02. The van der Waals surface area contributed by atoms with Crippen LogP contribution in [0.4, 0.5) is 5.69 Å². The van der Waals surface area contributed by atoms with E-state index in [1.165, 1.54) is 16.8 Å². The summed E-state index contributed by atoms with van der Waals surface area (Å²) in [4.78, 5) is 0. The van der Waals surface area contributed by atoms with Gasteiger partial charge in [0.05, 0.1) is 11.6 Å². The number of aliphatic hydroxyl groups is 1. The van der Waals surface area contributed by atoms with Gasteiger partial charge in [-0.1, -0.05) is 12.1 Å². The van der Waals surface area contributed by atoms with E-state index in [-0.39, 0.29) is 6.04 Å². The van der Waals surface area contributed by atoms with Gasteiger partial charge in [0.15, 0.2) is 0 Å². The highest BCUT2D eigenvalue weighted by Crippen LogP contribution is 2.32. The highest BCUT2D eigenvalue weighted by molar-refractivity contribution is 5.60. The maximum atomic E-state index is 9.92. The first-order valence-electron chi connectivity index (χ1n) is 5.06. The van der Waals surface area contributed by atoms with Crippen molar-refractivity contribution in [1.29, 1.82) is 0 Å². The monoisotopic (exact) mass is 191 g/mol.